The van der Waals surface area contributed by atoms with E-state index in [2.05, 4.69) is 0 Å². The molecule has 0 aromatic heterocycles. The Labute approximate surface area is 91.3 Å². The summed E-state index contributed by atoms with van der Waals surface area (Å²) >= 11 is 0. The van der Waals surface area contributed by atoms with Gasteiger partial charge >= 0.3 is 0 Å². The molecule has 1 nitrogen and oxygen atoms in total. The van der Waals surface area contributed by atoms with Crippen LogP contribution >= 0.6 is 0 Å². The Morgan fingerprint density at radius 3 is 2.31 bits per heavy atom. The summed E-state index contributed by atoms with van der Waals surface area (Å²) in [6.07, 6.45) is 0.387. The van der Waals surface area contributed by atoms with E-state index < -0.39 is 35.2 Å². The monoisotopic (exact) mass is 235 g/mol. The molecule has 2 N–H and O–H groups in total. The van der Waals surface area contributed by atoms with Gasteiger partial charge in [-0.05, 0) is 18.6 Å². The SMILES string of the molecule is CCCC(F)(CN)c1ccc(F)c(F)c1F. The molecule has 0 saturated carbocycles. The van der Waals surface area contributed by atoms with Crippen LogP contribution in [0.2, 0.25) is 0 Å². The lowest BCUT2D eigenvalue weighted by atomic mass is 9.90. The molecule has 1 unspecified atom stereocenters. The summed E-state index contributed by atoms with van der Waals surface area (Å²) < 4.78 is 53.1. The van der Waals surface area contributed by atoms with Gasteiger partial charge in [-0.25, -0.2) is 17.6 Å². The molecule has 0 bridgehead atoms. The zero-order valence-electron chi connectivity index (χ0n) is 8.87. The molecule has 0 heterocycles. The lowest BCUT2D eigenvalue weighted by Gasteiger charge is -2.24. The highest BCUT2D eigenvalue weighted by atomic mass is 19.2. The largest absolute Gasteiger partial charge is 0.327 e. The van der Waals surface area contributed by atoms with Crippen molar-refractivity contribution in [3.63, 3.8) is 0 Å². The van der Waals surface area contributed by atoms with Crippen LogP contribution in [0.25, 0.3) is 0 Å². The predicted molar refractivity (Wildman–Crippen MR) is 53.1 cm³/mol. The molecule has 0 aliphatic heterocycles. The van der Waals surface area contributed by atoms with Crippen molar-refractivity contribution in [2.45, 2.75) is 25.4 Å². The van der Waals surface area contributed by atoms with Crippen molar-refractivity contribution in [3.8, 4) is 0 Å². The molecule has 0 radical (unpaired) electrons. The zero-order chi connectivity index (χ0) is 12.3. The van der Waals surface area contributed by atoms with Gasteiger partial charge in [0.25, 0.3) is 0 Å². The van der Waals surface area contributed by atoms with E-state index >= 15 is 0 Å². The molecule has 1 aromatic rings. The topological polar surface area (TPSA) is 26.0 Å². The van der Waals surface area contributed by atoms with Gasteiger partial charge in [0.15, 0.2) is 23.1 Å². The van der Waals surface area contributed by atoms with Crippen LogP contribution in [0.5, 0.6) is 0 Å². The second-order valence-corrected chi connectivity index (χ2v) is 3.64. The zero-order valence-corrected chi connectivity index (χ0v) is 8.87. The highest BCUT2D eigenvalue weighted by molar-refractivity contribution is 5.27. The molecule has 90 valence electrons. The first-order chi connectivity index (χ1) is 7.46. The summed E-state index contributed by atoms with van der Waals surface area (Å²) in [5.74, 6) is -4.50. The summed E-state index contributed by atoms with van der Waals surface area (Å²) in [6, 6.07) is 1.60. The van der Waals surface area contributed by atoms with Gasteiger partial charge in [0.05, 0.1) is 0 Å². The summed E-state index contributed by atoms with van der Waals surface area (Å²) in [6.45, 7) is 1.23. The van der Waals surface area contributed by atoms with E-state index in [1.165, 1.54) is 0 Å². The Bertz CT molecular complexity index is 380. The van der Waals surface area contributed by atoms with Crippen LogP contribution in [0, 0.1) is 17.5 Å². The van der Waals surface area contributed by atoms with E-state index in [-0.39, 0.29) is 6.42 Å². The third-order valence-corrected chi connectivity index (χ3v) is 2.49. The van der Waals surface area contributed by atoms with Gasteiger partial charge in [-0.3, -0.25) is 0 Å². The number of halogens is 4. The molecular weight excluding hydrogens is 222 g/mol. The number of alkyl halides is 1. The second kappa shape index (κ2) is 4.82. The van der Waals surface area contributed by atoms with Crippen molar-refractivity contribution in [1.29, 1.82) is 0 Å². The van der Waals surface area contributed by atoms with Crippen LogP contribution in [0.15, 0.2) is 12.1 Å². The fraction of sp³-hybridized carbons (Fsp3) is 0.455. The van der Waals surface area contributed by atoms with Gasteiger partial charge in [0.2, 0.25) is 0 Å². The number of hydrogen-bond acceptors (Lipinski definition) is 1. The minimum Gasteiger partial charge on any atom is -0.327 e. The Balaban J connectivity index is 3.26. The number of nitrogens with two attached hydrogens (primary N) is 1. The third kappa shape index (κ3) is 2.19. The molecule has 0 spiro atoms. The first kappa shape index (κ1) is 13.0. The smallest absolute Gasteiger partial charge is 0.194 e. The summed E-state index contributed by atoms with van der Waals surface area (Å²) in [5.41, 5.74) is 2.56. The highest BCUT2D eigenvalue weighted by Crippen LogP contribution is 2.33. The minimum atomic E-state index is -2.15. The first-order valence-corrected chi connectivity index (χ1v) is 4.99. The number of hydrogen-bond donors (Lipinski definition) is 1. The predicted octanol–water partition coefficient (Wildman–Crippen LogP) is 3.03. The van der Waals surface area contributed by atoms with Crippen LogP contribution in [0.4, 0.5) is 17.6 Å². The maximum Gasteiger partial charge on any atom is 0.194 e. The van der Waals surface area contributed by atoms with Crippen molar-refractivity contribution in [2.24, 2.45) is 5.73 Å². The van der Waals surface area contributed by atoms with E-state index in [4.69, 9.17) is 5.73 Å². The first-order valence-electron chi connectivity index (χ1n) is 4.99. The van der Waals surface area contributed by atoms with Gasteiger partial charge in [-0.1, -0.05) is 13.3 Å². The van der Waals surface area contributed by atoms with Crippen molar-refractivity contribution in [2.75, 3.05) is 6.54 Å². The molecule has 0 aliphatic rings. The van der Waals surface area contributed by atoms with E-state index in [0.29, 0.717) is 12.5 Å². The van der Waals surface area contributed by atoms with Crippen LogP contribution in [-0.2, 0) is 5.67 Å². The van der Waals surface area contributed by atoms with Crippen molar-refractivity contribution >= 4 is 0 Å². The van der Waals surface area contributed by atoms with Gasteiger partial charge in [0, 0.05) is 12.1 Å². The lowest BCUT2D eigenvalue weighted by Crippen LogP contribution is -2.31. The van der Waals surface area contributed by atoms with Crippen LogP contribution in [-0.4, -0.2) is 6.54 Å². The number of benzene rings is 1. The maximum absolute atomic E-state index is 14.2. The van der Waals surface area contributed by atoms with Gasteiger partial charge in [-0.15, -0.1) is 0 Å². The Morgan fingerprint density at radius 1 is 1.19 bits per heavy atom. The summed E-state index contributed by atoms with van der Waals surface area (Å²) in [4.78, 5) is 0. The third-order valence-electron chi connectivity index (χ3n) is 2.49. The Kier molecular flexibility index (Phi) is 3.91. The quantitative estimate of drug-likeness (QED) is 0.630. The number of rotatable bonds is 4. The molecule has 0 aliphatic carbocycles. The van der Waals surface area contributed by atoms with E-state index in [1.54, 1.807) is 6.92 Å². The van der Waals surface area contributed by atoms with E-state index in [0.717, 1.165) is 6.07 Å². The molecule has 5 heteroatoms. The van der Waals surface area contributed by atoms with Crippen LogP contribution in [0.1, 0.15) is 25.3 Å². The molecule has 16 heavy (non-hydrogen) atoms. The van der Waals surface area contributed by atoms with E-state index in [9.17, 15) is 17.6 Å². The molecule has 1 rings (SSSR count). The molecule has 0 amide bonds. The minimum absolute atomic E-state index is 0.0362. The van der Waals surface area contributed by atoms with Gasteiger partial charge < -0.3 is 5.73 Å². The molecular formula is C11H13F4N. The average molecular weight is 235 g/mol. The average Bonchev–Trinajstić information content (AvgIpc) is 2.26. The fourth-order valence-corrected chi connectivity index (χ4v) is 1.61. The Hall–Kier alpha value is -1.10. The Morgan fingerprint density at radius 2 is 1.81 bits per heavy atom. The van der Waals surface area contributed by atoms with Crippen molar-refractivity contribution in [1.82, 2.24) is 0 Å². The highest BCUT2D eigenvalue weighted by Gasteiger charge is 2.34. The fourth-order valence-electron chi connectivity index (χ4n) is 1.61. The molecule has 1 aromatic carbocycles. The van der Waals surface area contributed by atoms with E-state index in [1.807, 2.05) is 0 Å². The summed E-state index contributed by atoms with van der Waals surface area (Å²) in [5, 5.41) is 0. The molecule has 1 atom stereocenters. The van der Waals surface area contributed by atoms with Crippen molar-refractivity contribution < 1.29 is 17.6 Å². The van der Waals surface area contributed by atoms with Crippen LogP contribution < -0.4 is 5.73 Å². The normalized spacial score (nSPS) is 14.9. The maximum atomic E-state index is 14.2. The standard InChI is InChI=1S/C11H13F4N/c1-2-5-11(15,6-16)7-3-4-8(12)10(14)9(7)13/h3-4H,2,5-6,16H2,1H3. The van der Waals surface area contributed by atoms with Crippen LogP contribution in [0.3, 0.4) is 0 Å². The summed E-state index contributed by atoms with van der Waals surface area (Å²) in [7, 11) is 0. The van der Waals surface area contributed by atoms with Crippen molar-refractivity contribution in [3.05, 3.63) is 35.1 Å². The van der Waals surface area contributed by atoms with Gasteiger partial charge in [0.1, 0.15) is 0 Å². The molecule has 0 fully saturated rings. The van der Waals surface area contributed by atoms with Gasteiger partial charge in [-0.2, -0.15) is 0 Å². The lowest BCUT2D eigenvalue weighted by molar-refractivity contribution is 0.151. The molecule has 0 saturated heterocycles. The second-order valence-electron chi connectivity index (χ2n) is 3.64.